The van der Waals surface area contributed by atoms with Crippen molar-refractivity contribution in [2.45, 2.75) is 19.8 Å². The predicted octanol–water partition coefficient (Wildman–Crippen LogP) is 3.28. The van der Waals surface area contributed by atoms with Gasteiger partial charge in [-0.05, 0) is 24.6 Å². The second kappa shape index (κ2) is 6.43. The molecule has 0 fully saturated rings. The molecule has 0 saturated carbocycles. The molecule has 2 rings (SSSR count). The molecule has 0 aliphatic rings. The highest BCUT2D eigenvalue weighted by molar-refractivity contribution is 6.31. The largest absolute Gasteiger partial charge is 0.496 e. The molecule has 1 aromatic carbocycles. The molecule has 106 valence electrons. The zero-order chi connectivity index (χ0) is 14.5. The highest BCUT2D eigenvalue weighted by atomic mass is 35.5. The number of aromatic nitrogens is 2. The number of rotatable bonds is 5. The van der Waals surface area contributed by atoms with Gasteiger partial charge in [-0.2, -0.15) is 5.10 Å². The van der Waals surface area contributed by atoms with Gasteiger partial charge < -0.3 is 10.1 Å². The summed E-state index contributed by atoms with van der Waals surface area (Å²) >= 11 is 5.91. The molecule has 1 aromatic heterocycles. The number of methoxy groups -OCH3 is 1. The third-order valence-corrected chi connectivity index (χ3v) is 3.03. The molecule has 6 heteroatoms. The number of hydrogen-bond donors (Lipinski definition) is 2. The first kappa shape index (κ1) is 14.4. The standard InChI is InChI=1S/C14H16ClN3O2/c1-3-4-10-8-13(18-17-10)16-14(19)11-7-9(15)5-6-12(11)20-2/h5-8H,3-4H2,1-2H3,(H2,16,17,18,19). The summed E-state index contributed by atoms with van der Waals surface area (Å²) in [6.45, 7) is 2.08. The number of hydrogen-bond acceptors (Lipinski definition) is 3. The Morgan fingerprint density at radius 2 is 2.25 bits per heavy atom. The van der Waals surface area contributed by atoms with Crippen LogP contribution in [-0.4, -0.2) is 23.2 Å². The summed E-state index contributed by atoms with van der Waals surface area (Å²) in [5.41, 5.74) is 1.36. The number of aryl methyl sites for hydroxylation is 1. The first-order valence-corrected chi connectivity index (χ1v) is 6.71. The Morgan fingerprint density at radius 3 is 2.95 bits per heavy atom. The number of nitrogens with zero attached hydrogens (tertiary/aromatic N) is 1. The van der Waals surface area contributed by atoms with Crippen molar-refractivity contribution >= 4 is 23.3 Å². The van der Waals surface area contributed by atoms with Crippen LogP contribution in [0.5, 0.6) is 5.75 Å². The second-order valence-corrected chi connectivity index (χ2v) is 4.76. The molecule has 0 aliphatic carbocycles. The molecule has 2 N–H and O–H groups in total. The Bertz CT molecular complexity index is 610. The van der Waals surface area contributed by atoms with E-state index in [4.69, 9.17) is 16.3 Å². The Balaban J connectivity index is 2.16. The molecule has 0 saturated heterocycles. The lowest BCUT2D eigenvalue weighted by Crippen LogP contribution is -2.13. The van der Waals surface area contributed by atoms with Crippen LogP contribution in [0, 0.1) is 0 Å². The van der Waals surface area contributed by atoms with E-state index in [9.17, 15) is 4.79 Å². The number of carbonyl (C=O) groups excluding carboxylic acids is 1. The third kappa shape index (κ3) is 3.30. The van der Waals surface area contributed by atoms with Crippen LogP contribution in [0.1, 0.15) is 29.4 Å². The lowest BCUT2D eigenvalue weighted by molar-refractivity contribution is 0.102. The van der Waals surface area contributed by atoms with Crippen molar-refractivity contribution in [3.8, 4) is 5.75 Å². The summed E-state index contributed by atoms with van der Waals surface area (Å²) in [5.74, 6) is 0.649. The van der Waals surface area contributed by atoms with Gasteiger partial charge in [0.05, 0.1) is 12.7 Å². The number of benzene rings is 1. The van der Waals surface area contributed by atoms with E-state index in [1.807, 2.05) is 6.07 Å². The van der Waals surface area contributed by atoms with Crippen LogP contribution in [0.3, 0.4) is 0 Å². The van der Waals surface area contributed by atoms with Crippen LogP contribution in [0.2, 0.25) is 5.02 Å². The third-order valence-electron chi connectivity index (χ3n) is 2.80. The zero-order valence-electron chi connectivity index (χ0n) is 11.4. The number of amides is 1. The van der Waals surface area contributed by atoms with Crippen molar-refractivity contribution in [1.29, 1.82) is 0 Å². The smallest absolute Gasteiger partial charge is 0.260 e. The maximum absolute atomic E-state index is 12.2. The van der Waals surface area contributed by atoms with E-state index >= 15 is 0 Å². The Hall–Kier alpha value is -2.01. The quantitative estimate of drug-likeness (QED) is 0.889. The fourth-order valence-corrected chi connectivity index (χ4v) is 2.04. The van der Waals surface area contributed by atoms with Crippen molar-refractivity contribution in [3.05, 3.63) is 40.5 Å². The maximum Gasteiger partial charge on any atom is 0.260 e. The van der Waals surface area contributed by atoms with Gasteiger partial charge >= 0.3 is 0 Å². The lowest BCUT2D eigenvalue weighted by atomic mass is 10.2. The van der Waals surface area contributed by atoms with E-state index < -0.39 is 0 Å². The molecule has 0 unspecified atom stereocenters. The van der Waals surface area contributed by atoms with Gasteiger partial charge in [-0.3, -0.25) is 9.89 Å². The molecule has 2 aromatic rings. The van der Waals surface area contributed by atoms with E-state index in [-0.39, 0.29) is 5.91 Å². The zero-order valence-corrected chi connectivity index (χ0v) is 12.1. The van der Waals surface area contributed by atoms with Crippen LogP contribution in [0.4, 0.5) is 5.82 Å². The van der Waals surface area contributed by atoms with Gasteiger partial charge in [0, 0.05) is 16.8 Å². The highest BCUT2D eigenvalue weighted by Crippen LogP contribution is 2.23. The number of ether oxygens (including phenoxy) is 1. The van der Waals surface area contributed by atoms with Gasteiger partial charge in [0.1, 0.15) is 5.75 Å². The fourth-order valence-electron chi connectivity index (χ4n) is 1.86. The molecule has 20 heavy (non-hydrogen) atoms. The van der Waals surface area contributed by atoms with Crippen LogP contribution >= 0.6 is 11.6 Å². The first-order valence-electron chi connectivity index (χ1n) is 6.33. The van der Waals surface area contributed by atoms with Crippen LogP contribution in [-0.2, 0) is 6.42 Å². The van der Waals surface area contributed by atoms with Crippen molar-refractivity contribution in [1.82, 2.24) is 10.2 Å². The minimum absolute atomic E-state index is 0.307. The summed E-state index contributed by atoms with van der Waals surface area (Å²) in [5, 5.41) is 10.1. The Morgan fingerprint density at radius 1 is 1.45 bits per heavy atom. The molecule has 1 amide bonds. The molecule has 0 aliphatic heterocycles. The van der Waals surface area contributed by atoms with Gasteiger partial charge in [0.2, 0.25) is 0 Å². The molecule has 0 atom stereocenters. The molecule has 1 heterocycles. The summed E-state index contributed by atoms with van der Waals surface area (Å²) < 4.78 is 5.16. The SMILES string of the molecule is CCCc1cc(NC(=O)c2cc(Cl)ccc2OC)n[nH]1. The summed E-state index contributed by atoms with van der Waals surface area (Å²) in [6, 6.07) is 6.71. The van der Waals surface area contributed by atoms with Gasteiger partial charge in [0.25, 0.3) is 5.91 Å². The second-order valence-electron chi connectivity index (χ2n) is 4.33. The van der Waals surface area contributed by atoms with Crippen LogP contribution < -0.4 is 10.1 Å². The molecule has 0 spiro atoms. The first-order chi connectivity index (χ1) is 9.63. The topological polar surface area (TPSA) is 67.0 Å². The minimum Gasteiger partial charge on any atom is -0.496 e. The average molecular weight is 294 g/mol. The van der Waals surface area contributed by atoms with Crippen LogP contribution in [0.15, 0.2) is 24.3 Å². The van der Waals surface area contributed by atoms with Gasteiger partial charge in [-0.1, -0.05) is 24.9 Å². The number of halogens is 1. The summed E-state index contributed by atoms with van der Waals surface area (Å²) in [7, 11) is 1.51. The monoisotopic (exact) mass is 293 g/mol. The van der Waals surface area contributed by atoms with Crippen LogP contribution in [0.25, 0.3) is 0 Å². The van der Waals surface area contributed by atoms with Crippen molar-refractivity contribution in [2.75, 3.05) is 12.4 Å². The lowest BCUT2D eigenvalue weighted by Gasteiger charge is -2.08. The number of carbonyl (C=O) groups is 1. The summed E-state index contributed by atoms with van der Waals surface area (Å²) in [6.07, 6.45) is 1.90. The highest BCUT2D eigenvalue weighted by Gasteiger charge is 2.14. The van der Waals surface area contributed by atoms with Gasteiger partial charge in [-0.25, -0.2) is 0 Å². The Labute approximate surface area is 122 Å². The maximum atomic E-state index is 12.2. The van der Waals surface area contributed by atoms with Gasteiger partial charge in [0.15, 0.2) is 5.82 Å². The predicted molar refractivity (Wildman–Crippen MR) is 78.5 cm³/mol. The van der Waals surface area contributed by atoms with E-state index in [1.54, 1.807) is 18.2 Å². The Kier molecular flexibility index (Phi) is 4.63. The minimum atomic E-state index is -0.307. The van der Waals surface area contributed by atoms with E-state index in [0.717, 1.165) is 18.5 Å². The van der Waals surface area contributed by atoms with Crippen molar-refractivity contribution < 1.29 is 9.53 Å². The molecule has 0 bridgehead atoms. The van der Waals surface area contributed by atoms with Crippen molar-refractivity contribution in [3.63, 3.8) is 0 Å². The van der Waals surface area contributed by atoms with E-state index in [2.05, 4.69) is 22.4 Å². The van der Waals surface area contributed by atoms with E-state index in [0.29, 0.717) is 22.2 Å². The molecular formula is C14H16ClN3O2. The molecule has 0 radical (unpaired) electrons. The number of anilines is 1. The molecular weight excluding hydrogens is 278 g/mol. The van der Waals surface area contributed by atoms with Crippen molar-refractivity contribution in [2.24, 2.45) is 0 Å². The van der Waals surface area contributed by atoms with Gasteiger partial charge in [-0.15, -0.1) is 0 Å². The number of aromatic amines is 1. The normalized spacial score (nSPS) is 10.3. The average Bonchev–Trinajstić information content (AvgIpc) is 2.86. The van der Waals surface area contributed by atoms with E-state index in [1.165, 1.54) is 7.11 Å². The number of nitrogens with one attached hydrogen (secondary N) is 2. The molecule has 5 nitrogen and oxygen atoms in total. The number of H-pyrrole nitrogens is 1. The fraction of sp³-hybridized carbons (Fsp3) is 0.286. The summed E-state index contributed by atoms with van der Waals surface area (Å²) in [4.78, 5) is 12.2.